The second-order valence-corrected chi connectivity index (χ2v) is 6.32. The Balaban J connectivity index is 2.57. The van der Waals surface area contributed by atoms with Crippen LogP contribution >= 0.6 is 15.9 Å². The second-order valence-electron chi connectivity index (χ2n) is 3.26. The standard InChI is InChI=1S/C8H8BrN3O2S/c1-15(13,14)5-8-11-10-7-3-2-6(9)4-12(7)8/h2-4H,5H2,1H3. The number of halogens is 1. The van der Waals surface area contributed by atoms with Crippen molar-refractivity contribution >= 4 is 31.4 Å². The predicted molar refractivity (Wildman–Crippen MR) is 59.2 cm³/mol. The van der Waals surface area contributed by atoms with Crippen LogP contribution in [0.15, 0.2) is 22.8 Å². The van der Waals surface area contributed by atoms with Crippen LogP contribution in [0.5, 0.6) is 0 Å². The highest BCUT2D eigenvalue weighted by Crippen LogP contribution is 2.13. The summed E-state index contributed by atoms with van der Waals surface area (Å²) < 4.78 is 24.8. The van der Waals surface area contributed by atoms with Crippen LogP contribution in [0, 0.1) is 0 Å². The van der Waals surface area contributed by atoms with E-state index in [0.717, 1.165) is 4.47 Å². The van der Waals surface area contributed by atoms with Gasteiger partial charge in [0.05, 0.1) is 0 Å². The maximum absolute atomic E-state index is 11.1. The Hall–Kier alpha value is -0.950. The summed E-state index contributed by atoms with van der Waals surface area (Å²) in [6, 6.07) is 3.59. The first kappa shape index (κ1) is 10.6. The number of rotatable bonds is 2. The number of hydrogen-bond acceptors (Lipinski definition) is 4. The molecule has 2 aromatic rings. The predicted octanol–water partition coefficient (Wildman–Crippen LogP) is 1.04. The first-order valence-electron chi connectivity index (χ1n) is 4.12. The summed E-state index contributed by atoms with van der Waals surface area (Å²) in [7, 11) is -3.09. The number of nitrogens with zero attached hydrogens (tertiary/aromatic N) is 3. The maximum atomic E-state index is 11.1. The Morgan fingerprint density at radius 3 is 2.80 bits per heavy atom. The highest BCUT2D eigenvalue weighted by molar-refractivity contribution is 9.10. The number of aromatic nitrogens is 3. The van der Waals surface area contributed by atoms with Crippen molar-refractivity contribution in [3.05, 3.63) is 28.6 Å². The van der Waals surface area contributed by atoms with Gasteiger partial charge in [-0.2, -0.15) is 0 Å². The SMILES string of the molecule is CS(=O)(=O)Cc1nnc2ccc(Br)cn12. The van der Waals surface area contributed by atoms with Crippen molar-refractivity contribution in [2.24, 2.45) is 0 Å². The summed E-state index contributed by atoms with van der Waals surface area (Å²) in [5, 5.41) is 7.71. The van der Waals surface area contributed by atoms with Crippen LogP contribution in [-0.4, -0.2) is 29.3 Å². The Morgan fingerprint density at radius 2 is 2.13 bits per heavy atom. The molecule has 0 spiro atoms. The van der Waals surface area contributed by atoms with E-state index in [4.69, 9.17) is 0 Å². The summed E-state index contributed by atoms with van der Waals surface area (Å²) in [6.07, 6.45) is 2.92. The van der Waals surface area contributed by atoms with Crippen LogP contribution in [0.25, 0.3) is 5.65 Å². The largest absolute Gasteiger partial charge is 0.284 e. The maximum Gasteiger partial charge on any atom is 0.160 e. The topological polar surface area (TPSA) is 64.3 Å². The van der Waals surface area contributed by atoms with Crippen LogP contribution in [0.1, 0.15) is 5.82 Å². The minimum absolute atomic E-state index is 0.107. The van der Waals surface area contributed by atoms with Gasteiger partial charge in [-0.05, 0) is 28.1 Å². The van der Waals surface area contributed by atoms with Gasteiger partial charge in [-0.3, -0.25) is 4.40 Å². The Labute approximate surface area is 95.2 Å². The van der Waals surface area contributed by atoms with Crippen molar-refractivity contribution < 1.29 is 8.42 Å². The fourth-order valence-electron chi connectivity index (χ4n) is 1.25. The summed E-state index contributed by atoms with van der Waals surface area (Å²) in [5.41, 5.74) is 0.636. The normalized spacial score (nSPS) is 12.1. The third kappa shape index (κ3) is 2.35. The van der Waals surface area contributed by atoms with E-state index in [1.54, 1.807) is 16.7 Å². The zero-order valence-electron chi connectivity index (χ0n) is 7.88. The summed E-state index contributed by atoms with van der Waals surface area (Å²) in [4.78, 5) is 0. The molecule has 5 nitrogen and oxygen atoms in total. The third-order valence-electron chi connectivity index (χ3n) is 1.83. The molecule has 2 aromatic heterocycles. The van der Waals surface area contributed by atoms with Gasteiger partial charge in [0.1, 0.15) is 5.75 Å². The molecule has 0 radical (unpaired) electrons. The van der Waals surface area contributed by atoms with Gasteiger partial charge in [0.15, 0.2) is 21.3 Å². The Morgan fingerprint density at radius 1 is 1.40 bits per heavy atom. The first-order chi connectivity index (χ1) is 6.96. The average Bonchev–Trinajstić information content (AvgIpc) is 2.46. The molecule has 7 heteroatoms. The molecule has 0 bridgehead atoms. The van der Waals surface area contributed by atoms with E-state index in [2.05, 4.69) is 26.1 Å². The smallest absolute Gasteiger partial charge is 0.160 e. The van der Waals surface area contributed by atoms with Gasteiger partial charge in [-0.25, -0.2) is 8.42 Å². The molecule has 0 fully saturated rings. The van der Waals surface area contributed by atoms with Gasteiger partial charge in [0, 0.05) is 16.9 Å². The molecule has 0 unspecified atom stereocenters. The van der Waals surface area contributed by atoms with Gasteiger partial charge in [-0.15, -0.1) is 10.2 Å². The van der Waals surface area contributed by atoms with Gasteiger partial charge in [0.25, 0.3) is 0 Å². The zero-order valence-corrected chi connectivity index (χ0v) is 10.3. The van der Waals surface area contributed by atoms with Gasteiger partial charge in [0.2, 0.25) is 0 Å². The first-order valence-corrected chi connectivity index (χ1v) is 6.98. The number of hydrogen-bond donors (Lipinski definition) is 0. The van der Waals surface area contributed by atoms with Crippen LogP contribution < -0.4 is 0 Å². The lowest BCUT2D eigenvalue weighted by atomic mass is 10.5. The van der Waals surface area contributed by atoms with E-state index in [0.29, 0.717) is 11.5 Å². The number of sulfone groups is 1. The zero-order chi connectivity index (χ0) is 11.1. The molecule has 2 rings (SSSR count). The minimum Gasteiger partial charge on any atom is -0.284 e. The third-order valence-corrected chi connectivity index (χ3v) is 3.08. The van der Waals surface area contributed by atoms with Crippen molar-refractivity contribution in [2.45, 2.75) is 5.75 Å². The van der Waals surface area contributed by atoms with E-state index in [9.17, 15) is 8.42 Å². The quantitative estimate of drug-likeness (QED) is 0.829. The van der Waals surface area contributed by atoms with Crippen molar-refractivity contribution in [1.29, 1.82) is 0 Å². The van der Waals surface area contributed by atoms with Crippen molar-refractivity contribution in [3.8, 4) is 0 Å². The van der Waals surface area contributed by atoms with Gasteiger partial charge >= 0.3 is 0 Å². The Bertz CT molecular complexity index is 605. The van der Waals surface area contributed by atoms with E-state index in [1.165, 1.54) is 6.26 Å². The van der Waals surface area contributed by atoms with E-state index in [-0.39, 0.29) is 5.75 Å². The molecular formula is C8H8BrN3O2S. The highest BCUT2D eigenvalue weighted by atomic mass is 79.9. The molecule has 0 saturated carbocycles. The molecule has 0 aliphatic carbocycles. The molecule has 0 saturated heterocycles. The lowest BCUT2D eigenvalue weighted by molar-refractivity contribution is 0.599. The molecule has 0 aliphatic rings. The summed E-state index contributed by atoms with van der Waals surface area (Å²) in [6.45, 7) is 0. The summed E-state index contributed by atoms with van der Waals surface area (Å²) in [5.74, 6) is 0.318. The second kappa shape index (κ2) is 3.57. The van der Waals surface area contributed by atoms with E-state index < -0.39 is 9.84 Å². The van der Waals surface area contributed by atoms with E-state index >= 15 is 0 Å². The summed E-state index contributed by atoms with van der Waals surface area (Å²) >= 11 is 3.31. The minimum atomic E-state index is -3.09. The molecular weight excluding hydrogens is 282 g/mol. The Kier molecular flexibility index (Phi) is 2.51. The van der Waals surface area contributed by atoms with Crippen LogP contribution in [0.3, 0.4) is 0 Å². The van der Waals surface area contributed by atoms with Crippen LogP contribution in [0.2, 0.25) is 0 Å². The molecule has 0 N–H and O–H groups in total. The average molecular weight is 290 g/mol. The molecule has 0 aromatic carbocycles. The van der Waals surface area contributed by atoms with Crippen LogP contribution in [0.4, 0.5) is 0 Å². The van der Waals surface area contributed by atoms with Crippen molar-refractivity contribution in [1.82, 2.24) is 14.6 Å². The fourth-order valence-corrected chi connectivity index (χ4v) is 2.25. The molecule has 80 valence electrons. The lowest BCUT2D eigenvalue weighted by Crippen LogP contribution is -2.04. The van der Waals surface area contributed by atoms with Crippen LogP contribution in [-0.2, 0) is 15.6 Å². The molecule has 0 amide bonds. The van der Waals surface area contributed by atoms with Gasteiger partial charge in [-0.1, -0.05) is 0 Å². The lowest BCUT2D eigenvalue weighted by Gasteiger charge is -1.98. The highest BCUT2D eigenvalue weighted by Gasteiger charge is 2.11. The number of fused-ring (bicyclic) bond motifs is 1. The fraction of sp³-hybridized carbons (Fsp3) is 0.250. The molecule has 0 atom stereocenters. The van der Waals surface area contributed by atoms with E-state index in [1.807, 2.05) is 6.07 Å². The monoisotopic (exact) mass is 289 g/mol. The van der Waals surface area contributed by atoms with Crippen molar-refractivity contribution in [3.63, 3.8) is 0 Å². The molecule has 2 heterocycles. The number of pyridine rings is 1. The molecule has 0 aliphatic heterocycles. The molecule has 15 heavy (non-hydrogen) atoms. The van der Waals surface area contributed by atoms with Gasteiger partial charge < -0.3 is 0 Å². The van der Waals surface area contributed by atoms with Crippen molar-refractivity contribution in [2.75, 3.05) is 6.26 Å².